The number of carbonyl (C=O) groups excluding carboxylic acids is 1. The third-order valence-corrected chi connectivity index (χ3v) is 6.23. The lowest BCUT2D eigenvalue weighted by Crippen LogP contribution is -2.25. The highest BCUT2D eigenvalue weighted by molar-refractivity contribution is 7.92. The molecule has 32 heavy (non-hydrogen) atoms. The number of sulfonamides is 1. The first-order valence-electron chi connectivity index (χ1n) is 10.1. The molecular formula is C24H22N4O3S. The number of benzene rings is 3. The Hall–Kier alpha value is -3.91. The molecule has 1 aromatic heterocycles. The van der Waals surface area contributed by atoms with Crippen molar-refractivity contribution in [3.63, 3.8) is 0 Å². The summed E-state index contributed by atoms with van der Waals surface area (Å²) >= 11 is 0. The van der Waals surface area contributed by atoms with Gasteiger partial charge in [0.05, 0.1) is 10.6 Å². The summed E-state index contributed by atoms with van der Waals surface area (Å²) in [7, 11) is -3.72. The normalized spacial score (nSPS) is 11.1. The third-order valence-electron chi connectivity index (χ3n) is 4.83. The fraction of sp³-hybridized carbons (Fsp3) is 0.0833. The smallest absolute Gasteiger partial charge is 0.261 e. The van der Waals surface area contributed by atoms with Crippen LogP contribution in [0.1, 0.15) is 15.9 Å². The Morgan fingerprint density at radius 3 is 2.41 bits per heavy atom. The zero-order valence-electron chi connectivity index (χ0n) is 17.2. The second-order valence-corrected chi connectivity index (χ2v) is 8.80. The highest BCUT2D eigenvalue weighted by Gasteiger charge is 2.14. The second-order valence-electron chi connectivity index (χ2n) is 7.12. The van der Waals surface area contributed by atoms with Crippen molar-refractivity contribution in [2.24, 2.45) is 0 Å². The molecule has 0 aliphatic heterocycles. The van der Waals surface area contributed by atoms with Gasteiger partial charge in [-0.2, -0.15) is 5.10 Å². The molecule has 8 heteroatoms. The van der Waals surface area contributed by atoms with Gasteiger partial charge in [-0.05, 0) is 60.5 Å². The molecule has 7 nitrogen and oxygen atoms in total. The van der Waals surface area contributed by atoms with Gasteiger partial charge in [0, 0.05) is 30.2 Å². The molecule has 0 fully saturated rings. The van der Waals surface area contributed by atoms with Crippen molar-refractivity contribution in [2.75, 3.05) is 11.3 Å². The van der Waals surface area contributed by atoms with E-state index in [-0.39, 0.29) is 10.8 Å². The average Bonchev–Trinajstić information content (AvgIpc) is 3.35. The number of hydrogen-bond donors (Lipinski definition) is 2. The van der Waals surface area contributed by atoms with E-state index in [1.54, 1.807) is 47.3 Å². The van der Waals surface area contributed by atoms with Crippen molar-refractivity contribution < 1.29 is 13.2 Å². The van der Waals surface area contributed by atoms with E-state index >= 15 is 0 Å². The van der Waals surface area contributed by atoms with Crippen LogP contribution in [0.5, 0.6) is 0 Å². The van der Waals surface area contributed by atoms with Gasteiger partial charge in [-0.25, -0.2) is 13.1 Å². The summed E-state index contributed by atoms with van der Waals surface area (Å²) in [6.45, 7) is 0.458. The van der Waals surface area contributed by atoms with Crippen molar-refractivity contribution in [2.45, 2.75) is 11.3 Å². The van der Waals surface area contributed by atoms with E-state index in [0.717, 1.165) is 11.3 Å². The van der Waals surface area contributed by atoms with Crippen LogP contribution in [0.25, 0.3) is 5.69 Å². The predicted molar refractivity (Wildman–Crippen MR) is 123 cm³/mol. The van der Waals surface area contributed by atoms with Gasteiger partial charge >= 0.3 is 0 Å². The van der Waals surface area contributed by atoms with E-state index in [2.05, 4.69) is 15.1 Å². The van der Waals surface area contributed by atoms with Gasteiger partial charge in [0.1, 0.15) is 0 Å². The molecule has 2 N–H and O–H groups in total. The van der Waals surface area contributed by atoms with Crippen LogP contribution in [-0.4, -0.2) is 30.7 Å². The molecule has 0 saturated carbocycles. The summed E-state index contributed by atoms with van der Waals surface area (Å²) in [4.78, 5) is 12.7. The van der Waals surface area contributed by atoms with Gasteiger partial charge in [-0.3, -0.25) is 9.52 Å². The number of anilines is 1. The minimum absolute atomic E-state index is 0.161. The number of aromatic nitrogens is 2. The first kappa shape index (κ1) is 21.3. The van der Waals surface area contributed by atoms with E-state index in [9.17, 15) is 13.2 Å². The molecule has 0 radical (unpaired) electrons. The molecule has 0 aliphatic carbocycles. The van der Waals surface area contributed by atoms with Gasteiger partial charge < -0.3 is 5.32 Å². The quantitative estimate of drug-likeness (QED) is 0.432. The molecular weight excluding hydrogens is 424 g/mol. The van der Waals surface area contributed by atoms with Crippen LogP contribution in [0.4, 0.5) is 5.69 Å². The molecule has 0 atom stereocenters. The molecule has 1 amide bonds. The van der Waals surface area contributed by atoms with Gasteiger partial charge in [0.2, 0.25) is 0 Å². The molecule has 4 rings (SSSR count). The van der Waals surface area contributed by atoms with Crippen LogP contribution in [-0.2, 0) is 16.4 Å². The van der Waals surface area contributed by atoms with Crippen LogP contribution in [0.3, 0.4) is 0 Å². The first-order valence-corrected chi connectivity index (χ1v) is 11.5. The maximum Gasteiger partial charge on any atom is 0.261 e. The molecule has 4 aromatic rings. The van der Waals surface area contributed by atoms with Gasteiger partial charge in [0.15, 0.2) is 0 Å². The molecule has 1 heterocycles. The Kier molecular flexibility index (Phi) is 6.32. The maximum atomic E-state index is 12.5. The van der Waals surface area contributed by atoms with Gasteiger partial charge in [0.25, 0.3) is 15.9 Å². The number of hydrogen-bond acceptors (Lipinski definition) is 4. The van der Waals surface area contributed by atoms with Crippen molar-refractivity contribution in [1.29, 1.82) is 0 Å². The molecule has 0 spiro atoms. The van der Waals surface area contributed by atoms with Crippen LogP contribution < -0.4 is 10.0 Å². The Morgan fingerprint density at radius 1 is 0.906 bits per heavy atom. The second kappa shape index (κ2) is 9.49. The Bertz CT molecular complexity index is 1290. The number of nitrogens with one attached hydrogen (secondary N) is 2. The molecule has 0 saturated heterocycles. The molecule has 0 aliphatic rings. The molecule has 3 aromatic carbocycles. The standard InChI is InChI=1S/C24H22N4O3S/c29-24(25-16-14-19-10-12-22(13-11-19)28-17-5-15-26-28)20-6-4-7-21(18-20)27-32(30,31)23-8-2-1-3-9-23/h1-13,15,17-18,27H,14,16H2,(H,25,29). The number of amides is 1. The first-order chi connectivity index (χ1) is 15.5. The monoisotopic (exact) mass is 446 g/mol. The number of nitrogens with zero attached hydrogens (tertiary/aromatic N) is 2. The Labute approximate surface area is 186 Å². The summed E-state index contributed by atoms with van der Waals surface area (Å²) in [6, 6.07) is 24.3. The SMILES string of the molecule is O=C(NCCc1ccc(-n2cccn2)cc1)c1cccc(NS(=O)(=O)c2ccccc2)c1. The summed E-state index contributed by atoms with van der Waals surface area (Å²) < 4.78 is 29.3. The highest BCUT2D eigenvalue weighted by atomic mass is 32.2. The number of carbonyl (C=O) groups is 1. The topological polar surface area (TPSA) is 93.1 Å². The summed E-state index contributed by atoms with van der Waals surface area (Å²) in [5, 5.41) is 7.08. The lowest BCUT2D eigenvalue weighted by atomic mass is 10.1. The van der Waals surface area contributed by atoms with E-state index in [0.29, 0.717) is 24.2 Å². The zero-order valence-corrected chi connectivity index (χ0v) is 18.0. The minimum atomic E-state index is -3.72. The van der Waals surface area contributed by atoms with Crippen LogP contribution in [0.2, 0.25) is 0 Å². The van der Waals surface area contributed by atoms with Crippen molar-refractivity contribution in [3.8, 4) is 5.69 Å². The predicted octanol–water partition coefficient (Wildman–Crippen LogP) is 3.65. The average molecular weight is 447 g/mol. The fourth-order valence-corrected chi connectivity index (χ4v) is 4.27. The van der Waals surface area contributed by atoms with Crippen molar-refractivity contribution >= 4 is 21.6 Å². The summed E-state index contributed by atoms with van der Waals surface area (Å²) in [5.74, 6) is -0.265. The Morgan fingerprint density at radius 2 is 1.69 bits per heavy atom. The summed E-state index contributed by atoms with van der Waals surface area (Å²) in [5.41, 5.74) is 2.77. The fourth-order valence-electron chi connectivity index (χ4n) is 3.20. The molecule has 162 valence electrons. The largest absolute Gasteiger partial charge is 0.352 e. The molecule has 0 bridgehead atoms. The van der Waals surface area contributed by atoms with Gasteiger partial charge in [-0.15, -0.1) is 0 Å². The third kappa shape index (κ3) is 5.22. The Balaban J connectivity index is 1.34. The van der Waals surface area contributed by atoms with E-state index in [1.807, 2.05) is 36.5 Å². The molecule has 0 unspecified atom stereocenters. The van der Waals surface area contributed by atoms with Crippen LogP contribution >= 0.6 is 0 Å². The van der Waals surface area contributed by atoms with Crippen LogP contribution in [0.15, 0.2) is 102 Å². The minimum Gasteiger partial charge on any atom is -0.352 e. The highest BCUT2D eigenvalue weighted by Crippen LogP contribution is 2.17. The lowest BCUT2D eigenvalue weighted by molar-refractivity contribution is 0.0954. The van der Waals surface area contributed by atoms with Crippen LogP contribution in [0, 0.1) is 0 Å². The van der Waals surface area contributed by atoms with E-state index in [4.69, 9.17) is 0 Å². The lowest BCUT2D eigenvalue weighted by Gasteiger charge is -2.10. The van der Waals surface area contributed by atoms with Crippen molar-refractivity contribution in [3.05, 3.63) is 108 Å². The van der Waals surface area contributed by atoms with Gasteiger partial charge in [-0.1, -0.05) is 36.4 Å². The van der Waals surface area contributed by atoms with E-state index in [1.165, 1.54) is 18.2 Å². The maximum absolute atomic E-state index is 12.5. The summed E-state index contributed by atoms with van der Waals surface area (Å²) in [6.07, 6.45) is 4.28. The zero-order chi connectivity index (χ0) is 22.4. The van der Waals surface area contributed by atoms with E-state index < -0.39 is 10.0 Å². The van der Waals surface area contributed by atoms with Crippen molar-refractivity contribution in [1.82, 2.24) is 15.1 Å². The number of rotatable bonds is 8.